The SMILES string of the molecule is CC(C)OCCS(=O)(=O)NC(C)C(C)CN. The minimum absolute atomic E-state index is 0.00713. The predicted molar refractivity (Wildman–Crippen MR) is 65.7 cm³/mol. The van der Waals surface area contributed by atoms with Crippen LogP contribution in [0.2, 0.25) is 0 Å². The van der Waals surface area contributed by atoms with Gasteiger partial charge in [-0.2, -0.15) is 0 Å². The highest BCUT2D eigenvalue weighted by Crippen LogP contribution is 2.02. The van der Waals surface area contributed by atoms with Gasteiger partial charge in [0.15, 0.2) is 0 Å². The third-order valence-electron chi connectivity index (χ3n) is 2.39. The second kappa shape index (κ2) is 7.21. The Labute approximate surface area is 98.8 Å². The zero-order valence-electron chi connectivity index (χ0n) is 10.6. The van der Waals surface area contributed by atoms with Crippen LogP contribution in [0.1, 0.15) is 27.7 Å². The van der Waals surface area contributed by atoms with E-state index in [2.05, 4.69) is 4.72 Å². The summed E-state index contributed by atoms with van der Waals surface area (Å²) >= 11 is 0. The van der Waals surface area contributed by atoms with E-state index in [1.807, 2.05) is 27.7 Å². The third-order valence-corrected chi connectivity index (χ3v) is 3.83. The lowest BCUT2D eigenvalue weighted by Gasteiger charge is -2.19. The van der Waals surface area contributed by atoms with E-state index in [1.54, 1.807) is 0 Å². The summed E-state index contributed by atoms with van der Waals surface area (Å²) in [5.41, 5.74) is 5.47. The zero-order chi connectivity index (χ0) is 12.8. The van der Waals surface area contributed by atoms with E-state index in [1.165, 1.54) is 0 Å². The van der Waals surface area contributed by atoms with Crippen molar-refractivity contribution in [1.29, 1.82) is 0 Å². The van der Waals surface area contributed by atoms with Crippen molar-refractivity contribution in [2.24, 2.45) is 11.7 Å². The molecule has 3 N–H and O–H groups in total. The molecule has 16 heavy (non-hydrogen) atoms. The van der Waals surface area contributed by atoms with Gasteiger partial charge in [-0.1, -0.05) is 6.92 Å². The normalized spacial score (nSPS) is 16.4. The van der Waals surface area contributed by atoms with Crippen LogP contribution in [0.5, 0.6) is 0 Å². The van der Waals surface area contributed by atoms with Crippen LogP contribution in [0.25, 0.3) is 0 Å². The molecular weight excluding hydrogens is 228 g/mol. The smallest absolute Gasteiger partial charge is 0.214 e. The van der Waals surface area contributed by atoms with Gasteiger partial charge in [0.1, 0.15) is 0 Å². The van der Waals surface area contributed by atoms with Crippen molar-refractivity contribution in [3.8, 4) is 0 Å². The fourth-order valence-corrected chi connectivity index (χ4v) is 2.29. The second-order valence-electron chi connectivity index (χ2n) is 4.36. The van der Waals surface area contributed by atoms with Gasteiger partial charge in [-0.05, 0) is 33.2 Å². The van der Waals surface area contributed by atoms with Crippen molar-refractivity contribution >= 4 is 10.0 Å². The molecule has 0 aliphatic heterocycles. The van der Waals surface area contributed by atoms with E-state index >= 15 is 0 Å². The maximum absolute atomic E-state index is 11.6. The summed E-state index contributed by atoms with van der Waals surface area (Å²) < 4.78 is 31.0. The molecule has 0 amide bonds. The van der Waals surface area contributed by atoms with Gasteiger partial charge in [-0.3, -0.25) is 0 Å². The van der Waals surface area contributed by atoms with Gasteiger partial charge >= 0.3 is 0 Å². The van der Waals surface area contributed by atoms with E-state index in [4.69, 9.17) is 10.5 Å². The Bertz CT molecular complexity index is 278. The average Bonchev–Trinajstić information content (AvgIpc) is 2.14. The molecule has 0 aromatic carbocycles. The Hall–Kier alpha value is -0.170. The molecule has 2 atom stereocenters. The molecule has 0 bridgehead atoms. The Kier molecular flexibility index (Phi) is 7.14. The molecule has 0 radical (unpaired) electrons. The fraction of sp³-hybridized carbons (Fsp3) is 1.00. The Morgan fingerprint density at radius 2 is 1.81 bits per heavy atom. The van der Waals surface area contributed by atoms with Crippen LogP contribution in [0.15, 0.2) is 0 Å². The van der Waals surface area contributed by atoms with Crippen LogP contribution in [0.3, 0.4) is 0 Å². The minimum Gasteiger partial charge on any atom is -0.378 e. The molecule has 0 spiro atoms. The first kappa shape index (κ1) is 15.8. The first-order valence-electron chi connectivity index (χ1n) is 5.60. The summed E-state index contributed by atoms with van der Waals surface area (Å²) in [4.78, 5) is 0. The summed E-state index contributed by atoms with van der Waals surface area (Å²) in [6.45, 7) is 8.16. The van der Waals surface area contributed by atoms with E-state index < -0.39 is 10.0 Å². The number of sulfonamides is 1. The molecule has 2 unspecified atom stereocenters. The summed E-state index contributed by atoms with van der Waals surface area (Å²) in [5, 5.41) is 0. The van der Waals surface area contributed by atoms with Crippen LogP contribution in [-0.4, -0.2) is 39.5 Å². The van der Waals surface area contributed by atoms with Crippen molar-refractivity contribution in [3.63, 3.8) is 0 Å². The Balaban J connectivity index is 4.05. The fourth-order valence-electron chi connectivity index (χ4n) is 1.06. The number of hydrogen-bond donors (Lipinski definition) is 2. The van der Waals surface area contributed by atoms with Crippen molar-refractivity contribution in [2.45, 2.75) is 39.8 Å². The molecule has 98 valence electrons. The summed E-state index contributed by atoms with van der Waals surface area (Å²) in [5.74, 6) is 0.119. The van der Waals surface area contributed by atoms with E-state index in [-0.39, 0.29) is 30.4 Å². The van der Waals surface area contributed by atoms with Crippen LogP contribution < -0.4 is 10.5 Å². The van der Waals surface area contributed by atoms with Crippen LogP contribution in [0.4, 0.5) is 0 Å². The maximum atomic E-state index is 11.6. The Morgan fingerprint density at radius 1 is 1.25 bits per heavy atom. The first-order chi connectivity index (χ1) is 7.28. The van der Waals surface area contributed by atoms with Crippen molar-refractivity contribution in [3.05, 3.63) is 0 Å². The number of nitrogens with two attached hydrogens (primary N) is 1. The topological polar surface area (TPSA) is 81.4 Å². The molecule has 0 aromatic rings. The third kappa shape index (κ3) is 7.16. The summed E-state index contributed by atoms with van der Waals surface area (Å²) in [7, 11) is -3.26. The lowest BCUT2D eigenvalue weighted by atomic mass is 10.1. The van der Waals surface area contributed by atoms with Crippen LogP contribution >= 0.6 is 0 Å². The molecule has 0 heterocycles. The molecule has 6 heteroatoms. The van der Waals surface area contributed by atoms with Crippen LogP contribution in [0, 0.1) is 5.92 Å². The molecule has 0 fully saturated rings. The van der Waals surface area contributed by atoms with Gasteiger partial charge in [0, 0.05) is 6.04 Å². The van der Waals surface area contributed by atoms with Gasteiger partial charge in [-0.25, -0.2) is 13.1 Å². The summed E-state index contributed by atoms with van der Waals surface area (Å²) in [6.07, 6.45) is 0.0515. The molecule has 0 aliphatic rings. The molecule has 0 saturated carbocycles. The van der Waals surface area contributed by atoms with Crippen molar-refractivity contribution in [1.82, 2.24) is 4.72 Å². The van der Waals surface area contributed by atoms with Crippen molar-refractivity contribution in [2.75, 3.05) is 18.9 Å². The van der Waals surface area contributed by atoms with E-state index in [0.29, 0.717) is 6.54 Å². The molecule has 0 aliphatic carbocycles. The molecular formula is C10H24N2O3S. The summed E-state index contributed by atoms with van der Waals surface area (Å²) in [6, 6.07) is -0.144. The molecule has 0 aromatic heterocycles. The van der Waals surface area contributed by atoms with E-state index in [0.717, 1.165) is 0 Å². The average molecular weight is 252 g/mol. The lowest BCUT2D eigenvalue weighted by molar-refractivity contribution is 0.0911. The maximum Gasteiger partial charge on any atom is 0.214 e. The highest BCUT2D eigenvalue weighted by atomic mass is 32.2. The first-order valence-corrected chi connectivity index (χ1v) is 7.25. The monoisotopic (exact) mass is 252 g/mol. The number of hydrogen-bond acceptors (Lipinski definition) is 4. The van der Waals surface area contributed by atoms with Crippen LogP contribution in [-0.2, 0) is 14.8 Å². The predicted octanol–water partition coefficient (Wildman–Crippen LogP) is 0.314. The van der Waals surface area contributed by atoms with Crippen molar-refractivity contribution < 1.29 is 13.2 Å². The number of ether oxygens (including phenoxy) is 1. The quantitative estimate of drug-likeness (QED) is 0.651. The second-order valence-corrected chi connectivity index (χ2v) is 6.23. The molecule has 0 rings (SSSR count). The number of rotatable bonds is 8. The molecule has 0 saturated heterocycles. The minimum atomic E-state index is -3.26. The van der Waals surface area contributed by atoms with Gasteiger partial charge < -0.3 is 10.5 Å². The van der Waals surface area contributed by atoms with Gasteiger partial charge in [0.2, 0.25) is 10.0 Å². The lowest BCUT2D eigenvalue weighted by Crippen LogP contribution is -2.41. The van der Waals surface area contributed by atoms with Gasteiger partial charge in [0.25, 0.3) is 0 Å². The Morgan fingerprint density at radius 3 is 2.25 bits per heavy atom. The zero-order valence-corrected chi connectivity index (χ0v) is 11.4. The standard InChI is InChI=1S/C10H24N2O3S/c1-8(2)15-5-6-16(13,14)12-10(4)9(3)7-11/h8-10,12H,5-7,11H2,1-4H3. The van der Waals surface area contributed by atoms with Gasteiger partial charge in [0.05, 0.1) is 18.5 Å². The largest absolute Gasteiger partial charge is 0.378 e. The van der Waals surface area contributed by atoms with E-state index in [9.17, 15) is 8.42 Å². The highest BCUT2D eigenvalue weighted by molar-refractivity contribution is 7.89. The highest BCUT2D eigenvalue weighted by Gasteiger charge is 2.18. The van der Waals surface area contributed by atoms with Gasteiger partial charge in [-0.15, -0.1) is 0 Å². The number of nitrogens with one attached hydrogen (secondary N) is 1. The molecule has 5 nitrogen and oxygen atoms in total.